The lowest BCUT2D eigenvalue weighted by molar-refractivity contribution is 0.0698. The zero-order valence-corrected chi connectivity index (χ0v) is 11.4. The van der Waals surface area contributed by atoms with Crippen LogP contribution in [-0.2, 0) is 11.3 Å². The first-order valence-corrected chi connectivity index (χ1v) is 6.26. The second kappa shape index (κ2) is 6.67. The Morgan fingerprint density at radius 3 is 2.95 bits per heavy atom. The van der Waals surface area contributed by atoms with Crippen molar-refractivity contribution >= 4 is 17.6 Å². The number of carboxylic acids is 1. The molecule has 2 aromatic rings. The van der Waals surface area contributed by atoms with Crippen LogP contribution < -0.4 is 5.32 Å². The molecule has 0 saturated heterocycles. The van der Waals surface area contributed by atoms with Gasteiger partial charge in [0, 0.05) is 26.0 Å². The minimum absolute atomic E-state index is 0.00616. The van der Waals surface area contributed by atoms with E-state index in [9.17, 15) is 9.59 Å². The topological polar surface area (TPSA) is 93.5 Å². The third kappa shape index (κ3) is 3.46. The third-order valence-corrected chi connectivity index (χ3v) is 2.90. The molecule has 0 saturated carbocycles. The van der Waals surface area contributed by atoms with Gasteiger partial charge in [0.15, 0.2) is 0 Å². The Labute approximate surface area is 121 Å². The maximum atomic E-state index is 12.2. The predicted octanol–water partition coefficient (Wildman–Crippen LogP) is 1.48. The van der Waals surface area contributed by atoms with Gasteiger partial charge in [-0.05, 0) is 18.2 Å². The number of methoxy groups -OCH3 is 1. The largest absolute Gasteiger partial charge is 0.478 e. The van der Waals surface area contributed by atoms with Gasteiger partial charge in [-0.25, -0.2) is 4.79 Å². The molecule has 0 atom stereocenters. The highest BCUT2D eigenvalue weighted by atomic mass is 16.5. The number of anilines is 1. The van der Waals surface area contributed by atoms with Crippen molar-refractivity contribution in [1.29, 1.82) is 0 Å². The molecular formula is C14H15N3O4. The van der Waals surface area contributed by atoms with Crippen LogP contribution in [0.4, 0.5) is 5.69 Å². The van der Waals surface area contributed by atoms with Crippen molar-refractivity contribution in [3.05, 3.63) is 48.0 Å². The first-order chi connectivity index (χ1) is 10.1. The van der Waals surface area contributed by atoms with Gasteiger partial charge in [-0.15, -0.1) is 0 Å². The molecule has 0 spiro atoms. The average Bonchev–Trinajstić information content (AvgIpc) is 2.94. The van der Waals surface area contributed by atoms with Crippen molar-refractivity contribution in [2.24, 2.45) is 0 Å². The minimum Gasteiger partial charge on any atom is -0.478 e. The molecule has 1 amide bonds. The summed E-state index contributed by atoms with van der Waals surface area (Å²) in [6.07, 6.45) is 4.43. The van der Waals surface area contributed by atoms with E-state index in [-0.39, 0.29) is 11.3 Å². The summed E-state index contributed by atoms with van der Waals surface area (Å²) in [5.41, 5.74) is 0.579. The van der Waals surface area contributed by atoms with Gasteiger partial charge < -0.3 is 19.7 Å². The minimum atomic E-state index is -1.12. The van der Waals surface area contributed by atoms with E-state index in [4.69, 9.17) is 9.84 Å². The second-order valence-electron chi connectivity index (χ2n) is 4.26. The van der Waals surface area contributed by atoms with Gasteiger partial charge in [-0.2, -0.15) is 0 Å². The van der Waals surface area contributed by atoms with Gasteiger partial charge in [-0.3, -0.25) is 9.78 Å². The molecule has 0 aromatic carbocycles. The zero-order valence-electron chi connectivity index (χ0n) is 11.4. The molecule has 2 aromatic heterocycles. The number of amides is 1. The Morgan fingerprint density at radius 2 is 2.24 bits per heavy atom. The van der Waals surface area contributed by atoms with Crippen LogP contribution in [0.1, 0.15) is 20.8 Å². The van der Waals surface area contributed by atoms with Crippen molar-refractivity contribution < 1.29 is 19.4 Å². The molecule has 2 N–H and O–H groups in total. The van der Waals surface area contributed by atoms with E-state index >= 15 is 0 Å². The van der Waals surface area contributed by atoms with E-state index in [2.05, 4.69) is 10.3 Å². The van der Waals surface area contributed by atoms with Gasteiger partial charge in [0.1, 0.15) is 5.69 Å². The molecule has 2 heterocycles. The molecule has 110 valence electrons. The Hall–Kier alpha value is -2.67. The van der Waals surface area contributed by atoms with E-state index in [1.807, 2.05) is 0 Å². The number of rotatable bonds is 6. The highest BCUT2D eigenvalue weighted by Gasteiger charge is 2.15. The molecule has 0 fully saturated rings. The van der Waals surface area contributed by atoms with Gasteiger partial charge >= 0.3 is 5.97 Å². The molecule has 0 aliphatic rings. The molecule has 7 nitrogen and oxygen atoms in total. The summed E-state index contributed by atoms with van der Waals surface area (Å²) in [5.74, 6) is -1.52. The number of nitrogens with zero attached hydrogens (tertiary/aromatic N) is 2. The number of pyridine rings is 1. The Kier molecular flexibility index (Phi) is 4.68. The van der Waals surface area contributed by atoms with Crippen LogP contribution in [-0.4, -0.2) is 40.3 Å². The first-order valence-electron chi connectivity index (χ1n) is 6.26. The van der Waals surface area contributed by atoms with E-state index in [1.54, 1.807) is 30.0 Å². The van der Waals surface area contributed by atoms with Gasteiger partial charge in [0.05, 0.1) is 24.1 Å². The van der Waals surface area contributed by atoms with Crippen LogP contribution in [0.25, 0.3) is 0 Å². The summed E-state index contributed by atoms with van der Waals surface area (Å²) >= 11 is 0. The van der Waals surface area contributed by atoms with Gasteiger partial charge in [0.2, 0.25) is 0 Å². The SMILES string of the molecule is COCCn1cccc1C(=O)Nc1cnccc1C(=O)O. The number of aromatic carboxylic acids is 1. The smallest absolute Gasteiger partial charge is 0.337 e. The van der Waals surface area contributed by atoms with Crippen LogP contribution in [0.2, 0.25) is 0 Å². The van der Waals surface area contributed by atoms with Crippen LogP contribution in [0, 0.1) is 0 Å². The summed E-state index contributed by atoms with van der Waals surface area (Å²) < 4.78 is 6.71. The predicted molar refractivity (Wildman–Crippen MR) is 75.5 cm³/mol. The van der Waals surface area contributed by atoms with Crippen LogP contribution in [0.3, 0.4) is 0 Å². The molecule has 0 radical (unpaired) electrons. The number of hydrogen-bond donors (Lipinski definition) is 2. The highest BCUT2D eigenvalue weighted by Crippen LogP contribution is 2.15. The van der Waals surface area contributed by atoms with Crippen molar-refractivity contribution in [1.82, 2.24) is 9.55 Å². The quantitative estimate of drug-likeness (QED) is 0.840. The normalized spacial score (nSPS) is 10.3. The fourth-order valence-electron chi connectivity index (χ4n) is 1.87. The van der Waals surface area contributed by atoms with Crippen molar-refractivity contribution in [2.45, 2.75) is 6.54 Å². The fraction of sp³-hybridized carbons (Fsp3) is 0.214. The number of aromatic nitrogens is 2. The van der Waals surface area contributed by atoms with Crippen LogP contribution in [0.5, 0.6) is 0 Å². The molecule has 0 bridgehead atoms. The number of nitrogens with one attached hydrogen (secondary N) is 1. The Bertz CT molecular complexity index is 651. The molecule has 0 aliphatic carbocycles. The van der Waals surface area contributed by atoms with E-state index < -0.39 is 11.9 Å². The number of carbonyl (C=O) groups is 2. The number of carboxylic acid groups (broad SMARTS) is 1. The summed E-state index contributed by atoms with van der Waals surface area (Å²) in [4.78, 5) is 27.2. The summed E-state index contributed by atoms with van der Waals surface area (Å²) in [5, 5.41) is 11.6. The molecular weight excluding hydrogens is 274 g/mol. The Balaban J connectivity index is 2.19. The van der Waals surface area contributed by atoms with Crippen molar-refractivity contribution in [2.75, 3.05) is 19.0 Å². The van der Waals surface area contributed by atoms with Gasteiger partial charge in [-0.1, -0.05) is 0 Å². The molecule has 2 rings (SSSR count). The van der Waals surface area contributed by atoms with E-state index in [1.165, 1.54) is 18.5 Å². The first kappa shape index (κ1) is 14.7. The van der Waals surface area contributed by atoms with Crippen molar-refractivity contribution in [3.8, 4) is 0 Å². The monoisotopic (exact) mass is 289 g/mol. The second-order valence-corrected chi connectivity index (χ2v) is 4.26. The maximum absolute atomic E-state index is 12.2. The summed E-state index contributed by atoms with van der Waals surface area (Å²) in [7, 11) is 1.58. The van der Waals surface area contributed by atoms with E-state index in [0.29, 0.717) is 18.8 Å². The fourth-order valence-corrected chi connectivity index (χ4v) is 1.87. The van der Waals surface area contributed by atoms with Gasteiger partial charge in [0.25, 0.3) is 5.91 Å². The number of hydrogen-bond acceptors (Lipinski definition) is 4. The lowest BCUT2D eigenvalue weighted by atomic mass is 10.2. The molecule has 21 heavy (non-hydrogen) atoms. The lowest BCUT2D eigenvalue weighted by Crippen LogP contribution is -2.19. The average molecular weight is 289 g/mol. The van der Waals surface area contributed by atoms with E-state index in [0.717, 1.165) is 0 Å². The summed E-state index contributed by atoms with van der Waals surface area (Å²) in [6, 6.07) is 4.73. The highest BCUT2D eigenvalue weighted by molar-refractivity contribution is 6.06. The number of carbonyl (C=O) groups excluding carboxylic acids is 1. The molecule has 0 aliphatic heterocycles. The molecule has 0 unspecified atom stereocenters. The van der Waals surface area contributed by atoms with Crippen molar-refractivity contribution in [3.63, 3.8) is 0 Å². The molecule has 7 heteroatoms. The maximum Gasteiger partial charge on any atom is 0.337 e. The summed E-state index contributed by atoms with van der Waals surface area (Å²) in [6.45, 7) is 1.01. The van der Waals surface area contributed by atoms with Crippen LogP contribution in [0.15, 0.2) is 36.8 Å². The Morgan fingerprint density at radius 1 is 1.43 bits per heavy atom. The lowest BCUT2D eigenvalue weighted by Gasteiger charge is -2.10. The zero-order chi connectivity index (χ0) is 15.2. The standard InChI is InChI=1S/C14H15N3O4/c1-21-8-7-17-6-2-3-12(17)13(18)16-11-9-15-5-4-10(11)14(19)20/h2-6,9H,7-8H2,1H3,(H,16,18)(H,19,20). The third-order valence-electron chi connectivity index (χ3n) is 2.90. The van der Waals surface area contributed by atoms with Crippen LogP contribution >= 0.6 is 0 Å². The number of ether oxygens (including phenoxy) is 1.